The molecule has 6 heteroatoms. The van der Waals surface area contributed by atoms with E-state index in [4.69, 9.17) is 4.42 Å². The first kappa shape index (κ1) is 18.4. The monoisotopic (exact) mass is 342 g/mol. The van der Waals surface area contributed by atoms with E-state index in [1.807, 2.05) is 26.0 Å². The van der Waals surface area contributed by atoms with Crippen molar-refractivity contribution in [2.45, 2.75) is 40.5 Å². The summed E-state index contributed by atoms with van der Waals surface area (Å²) in [6, 6.07) is 7.06. The van der Waals surface area contributed by atoms with Crippen LogP contribution in [0.5, 0.6) is 0 Å². The number of hydrazine groups is 1. The molecule has 25 heavy (non-hydrogen) atoms. The molecule has 1 heterocycles. The van der Waals surface area contributed by atoms with Gasteiger partial charge in [0.1, 0.15) is 11.5 Å². The molecule has 0 spiro atoms. The Kier molecular flexibility index (Phi) is 5.75. The summed E-state index contributed by atoms with van der Waals surface area (Å²) in [5.74, 6) is 0.111. The van der Waals surface area contributed by atoms with Crippen LogP contribution in [0.2, 0.25) is 0 Å². The number of hydrogen-bond acceptors (Lipinski definition) is 4. The van der Waals surface area contributed by atoms with Gasteiger partial charge in [-0.1, -0.05) is 12.1 Å². The van der Waals surface area contributed by atoms with Crippen molar-refractivity contribution in [2.24, 2.45) is 0 Å². The zero-order valence-corrected chi connectivity index (χ0v) is 14.9. The highest BCUT2D eigenvalue weighted by Gasteiger charge is 2.15. The third-order valence-electron chi connectivity index (χ3n) is 4.01. The molecule has 0 fully saturated rings. The summed E-state index contributed by atoms with van der Waals surface area (Å²) in [6.45, 7) is 7.32. The zero-order valence-electron chi connectivity index (χ0n) is 14.9. The third kappa shape index (κ3) is 4.79. The number of rotatable bonds is 5. The minimum Gasteiger partial charge on any atom is -0.466 e. The van der Waals surface area contributed by atoms with E-state index in [0.717, 1.165) is 11.1 Å². The third-order valence-corrected chi connectivity index (χ3v) is 4.01. The molecule has 2 amide bonds. The van der Waals surface area contributed by atoms with Crippen molar-refractivity contribution in [1.29, 1.82) is 0 Å². The van der Waals surface area contributed by atoms with Crippen molar-refractivity contribution < 1.29 is 18.8 Å². The van der Waals surface area contributed by atoms with Gasteiger partial charge < -0.3 is 4.42 Å². The molecule has 132 valence electrons. The number of nitrogens with one attached hydrogen (secondary N) is 2. The minimum atomic E-state index is -0.455. The molecule has 0 unspecified atom stereocenters. The SMILES string of the molecule is Cc1cc(C(=O)NNC(=O)CCC(=O)c2ccc(C)c(C)c2)c(C)o1. The maximum Gasteiger partial charge on any atom is 0.273 e. The molecule has 2 N–H and O–H groups in total. The fourth-order valence-electron chi connectivity index (χ4n) is 2.40. The lowest BCUT2D eigenvalue weighted by molar-refractivity contribution is -0.121. The van der Waals surface area contributed by atoms with Crippen LogP contribution < -0.4 is 10.9 Å². The van der Waals surface area contributed by atoms with Gasteiger partial charge >= 0.3 is 0 Å². The highest BCUT2D eigenvalue weighted by Crippen LogP contribution is 2.13. The van der Waals surface area contributed by atoms with Gasteiger partial charge in [0, 0.05) is 18.4 Å². The van der Waals surface area contributed by atoms with Gasteiger partial charge in [-0.15, -0.1) is 0 Å². The van der Waals surface area contributed by atoms with Gasteiger partial charge in [-0.25, -0.2) is 0 Å². The number of carbonyl (C=O) groups is 3. The van der Waals surface area contributed by atoms with Gasteiger partial charge in [0.25, 0.3) is 5.91 Å². The number of carbonyl (C=O) groups excluding carboxylic acids is 3. The van der Waals surface area contributed by atoms with Crippen LogP contribution in [-0.4, -0.2) is 17.6 Å². The molecule has 0 aliphatic carbocycles. The molecule has 1 aromatic heterocycles. The molecule has 0 aliphatic rings. The second-order valence-electron chi connectivity index (χ2n) is 6.05. The molecule has 0 saturated heterocycles. The van der Waals surface area contributed by atoms with E-state index in [9.17, 15) is 14.4 Å². The fourth-order valence-corrected chi connectivity index (χ4v) is 2.40. The van der Waals surface area contributed by atoms with E-state index in [1.54, 1.807) is 26.0 Å². The maximum absolute atomic E-state index is 12.1. The smallest absolute Gasteiger partial charge is 0.273 e. The quantitative estimate of drug-likeness (QED) is 0.646. The van der Waals surface area contributed by atoms with Crippen molar-refractivity contribution in [2.75, 3.05) is 0 Å². The number of ketones is 1. The van der Waals surface area contributed by atoms with E-state index in [-0.39, 0.29) is 18.6 Å². The second-order valence-corrected chi connectivity index (χ2v) is 6.05. The van der Waals surface area contributed by atoms with Gasteiger partial charge in [-0.2, -0.15) is 0 Å². The first-order chi connectivity index (χ1) is 11.8. The molecule has 0 atom stereocenters. The predicted molar refractivity (Wildman–Crippen MR) is 93.3 cm³/mol. The van der Waals surface area contributed by atoms with Crippen molar-refractivity contribution in [3.8, 4) is 0 Å². The molecule has 1 aromatic carbocycles. The molecule has 0 bridgehead atoms. The topological polar surface area (TPSA) is 88.4 Å². The van der Waals surface area contributed by atoms with E-state index in [1.165, 1.54) is 0 Å². The number of aryl methyl sites for hydroxylation is 4. The lowest BCUT2D eigenvalue weighted by atomic mass is 10.0. The van der Waals surface area contributed by atoms with E-state index < -0.39 is 11.8 Å². The molecule has 2 aromatic rings. The van der Waals surface area contributed by atoms with Gasteiger partial charge in [0.05, 0.1) is 5.56 Å². The normalized spacial score (nSPS) is 10.4. The Bertz CT molecular complexity index is 821. The molecule has 6 nitrogen and oxygen atoms in total. The number of benzene rings is 1. The summed E-state index contributed by atoms with van der Waals surface area (Å²) in [7, 11) is 0. The number of amides is 2. The standard InChI is InChI=1S/C19H22N2O4/c1-11-5-6-15(9-12(11)2)17(22)7-8-18(23)20-21-19(24)16-10-13(3)25-14(16)4/h5-6,9-10H,7-8H2,1-4H3,(H,20,23)(H,21,24). The first-order valence-electron chi connectivity index (χ1n) is 8.04. The van der Waals surface area contributed by atoms with Crippen LogP contribution in [-0.2, 0) is 4.79 Å². The number of hydrogen-bond donors (Lipinski definition) is 2. The summed E-state index contributed by atoms with van der Waals surface area (Å²) in [4.78, 5) is 35.9. The summed E-state index contributed by atoms with van der Waals surface area (Å²) in [6.07, 6.45) is 0.0729. The van der Waals surface area contributed by atoms with Crippen molar-refractivity contribution >= 4 is 17.6 Å². The lowest BCUT2D eigenvalue weighted by Crippen LogP contribution is -2.41. The molecule has 0 saturated carbocycles. The van der Waals surface area contributed by atoms with E-state index >= 15 is 0 Å². The fraction of sp³-hybridized carbons (Fsp3) is 0.316. The predicted octanol–water partition coefficient (Wildman–Crippen LogP) is 2.94. The molecule has 0 aliphatic heterocycles. The summed E-state index contributed by atoms with van der Waals surface area (Å²) in [5, 5.41) is 0. The van der Waals surface area contributed by atoms with Gasteiger partial charge in [-0.05, 0) is 51.0 Å². The first-order valence-corrected chi connectivity index (χ1v) is 8.04. The van der Waals surface area contributed by atoms with Crippen molar-refractivity contribution in [3.05, 3.63) is 58.0 Å². The molecular formula is C19H22N2O4. The van der Waals surface area contributed by atoms with Crippen LogP contribution >= 0.6 is 0 Å². The molecular weight excluding hydrogens is 320 g/mol. The highest BCUT2D eigenvalue weighted by atomic mass is 16.3. The maximum atomic E-state index is 12.1. The Morgan fingerprint density at radius 3 is 2.24 bits per heavy atom. The number of furan rings is 1. The molecule has 2 rings (SSSR count). The second kappa shape index (κ2) is 7.79. The van der Waals surface area contributed by atoms with Crippen molar-refractivity contribution in [1.82, 2.24) is 10.9 Å². The minimum absolute atomic E-state index is 0.00453. The van der Waals surface area contributed by atoms with Crippen LogP contribution in [0, 0.1) is 27.7 Å². The van der Waals surface area contributed by atoms with Crippen LogP contribution in [0.4, 0.5) is 0 Å². The summed E-state index contributed by atoms with van der Waals surface area (Å²) in [5.41, 5.74) is 7.74. The summed E-state index contributed by atoms with van der Waals surface area (Å²) < 4.78 is 5.27. The average Bonchev–Trinajstić information content (AvgIpc) is 2.91. The average molecular weight is 342 g/mol. The van der Waals surface area contributed by atoms with Gasteiger partial charge in [-0.3, -0.25) is 25.2 Å². The van der Waals surface area contributed by atoms with Crippen LogP contribution in [0.3, 0.4) is 0 Å². The highest BCUT2D eigenvalue weighted by molar-refractivity contribution is 5.99. The Hall–Kier alpha value is -2.89. The Balaban J connectivity index is 1.82. The Labute approximate surface area is 146 Å². The Morgan fingerprint density at radius 1 is 0.920 bits per heavy atom. The van der Waals surface area contributed by atoms with Crippen LogP contribution in [0.1, 0.15) is 56.2 Å². The van der Waals surface area contributed by atoms with E-state index in [2.05, 4.69) is 10.9 Å². The van der Waals surface area contributed by atoms with Crippen molar-refractivity contribution in [3.63, 3.8) is 0 Å². The van der Waals surface area contributed by atoms with Gasteiger partial charge in [0.15, 0.2) is 5.78 Å². The zero-order chi connectivity index (χ0) is 18.6. The summed E-state index contributed by atoms with van der Waals surface area (Å²) >= 11 is 0. The Morgan fingerprint density at radius 2 is 1.64 bits per heavy atom. The van der Waals surface area contributed by atoms with Crippen LogP contribution in [0.15, 0.2) is 28.7 Å². The largest absolute Gasteiger partial charge is 0.466 e. The van der Waals surface area contributed by atoms with Crippen LogP contribution in [0.25, 0.3) is 0 Å². The number of Topliss-reactive ketones (excluding diaryl/α,β-unsaturated/α-hetero) is 1. The lowest BCUT2D eigenvalue weighted by Gasteiger charge is -2.07. The van der Waals surface area contributed by atoms with Gasteiger partial charge in [0.2, 0.25) is 5.91 Å². The van der Waals surface area contributed by atoms with E-state index in [0.29, 0.717) is 22.6 Å². The molecule has 0 radical (unpaired) electrons.